The molecule has 0 spiro atoms. The Morgan fingerprint density at radius 2 is 2.05 bits per heavy atom. The summed E-state index contributed by atoms with van der Waals surface area (Å²) in [5.41, 5.74) is 0.795. The second kappa shape index (κ2) is 6.50. The molecule has 19 heavy (non-hydrogen) atoms. The molecule has 0 aliphatic carbocycles. The molecule has 1 heterocycles. The second-order valence-electron chi connectivity index (χ2n) is 5.02. The summed E-state index contributed by atoms with van der Waals surface area (Å²) in [4.78, 5) is 24.7. The van der Waals surface area contributed by atoms with Gasteiger partial charge in [0, 0.05) is 13.1 Å². The van der Waals surface area contributed by atoms with E-state index in [1.54, 1.807) is 4.90 Å². The zero-order chi connectivity index (χ0) is 13.3. The Morgan fingerprint density at radius 3 is 2.58 bits per heavy atom. The van der Waals surface area contributed by atoms with Crippen LogP contribution in [-0.2, 0) is 16.1 Å². The normalized spacial score (nSPS) is 22.2. The number of likely N-dealkylation sites (tertiary alicyclic amines) is 1. The average Bonchev–Trinajstić information content (AvgIpc) is 2.62. The van der Waals surface area contributed by atoms with Gasteiger partial charge in [0.1, 0.15) is 0 Å². The van der Waals surface area contributed by atoms with E-state index >= 15 is 0 Å². The van der Waals surface area contributed by atoms with E-state index in [-0.39, 0.29) is 57.3 Å². The molecule has 0 saturated carbocycles. The largest absolute Gasteiger partial charge is 1.00 e. The van der Waals surface area contributed by atoms with Crippen molar-refractivity contribution in [2.75, 3.05) is 6.54 Å². The number of hydrogen-bond donors (Lipinski definition) is 0. The van der Waals surface area contributed by atoms with Crippen LogP contribution in [0.15, 0.2) is 24.3 Å². The first-order valence-electron chi connectivity index (χ1n) is 6.00. The van der Waals surface area contributed by atoms with Gasteiger partial charge in [-0.05, 0) is 31.4 Å². The Bertz CT molecular complexity index is 503. The van der Waals surface area contributed by atoms with Gasteiger partial charge in [0.25, 0.3) is 0 Å². The SMILES string of the molecule is Cc1ccccc1CN1CCC(C)(C(=O)[O-])C1=O.[K+]. The van der Waals surface area contributed by atoms with E-state index in [0.717, 1.165) is 11.1 Å². The smallest absolute Gasteiger partial charge is 0.549 e. The minimum atomic E-state index is -1.36. The zero-order valence-electron chi connectivity index (χ0n) is 11.6. The summed E-state index contributed by atoms with van der Waals surface area (Å²) >= 11 is 0. The van der Waals surface area contributed by atoms with Crippen LogP contribution in [-0.4, -0.2) is 23.3 Å². The molecule has 0 bridgehead atoms. The predicted octanol–water partition coefficient (Wildman–Crippen LogP) is -2.51. The molecule has 1 aliphatic rings. The number of rotatable bonds is 3. The molecule has 2 rings (SSSR count). The van der Waals surface area contributed by atoms with E-state index in [4.69, 9.17) is 0 Å². The summed E-state index contributed by atoms with van der Waals surface area (Å²) < 4.78 is 0. The fourth-order valence-electron chi connectivity index (χ4n) is 2.25. The molecule has 1 aromatic carbocycles. The molecule has 5 heteroatoms. The summed E-state index contributed by atoms with van der Waals surface area (Å²) in [6.07, 6.45) is 0.319. The third kappa shape index (κ3) is 3.28. The summed E-state index contributed by atoms with van der Waals surface area (Å²) in [5.74, 6) is -1.62. The van der Waals surface area contributed by atoms with E-state index in [9.17, 15) is 14.7 Å². The van der Waals surface area contributed by atoms with Gasteiger partial charge >= 0.3 is 51.4 Å². The van der Waals surface area contributed by atoms with Gasteiger partial charge in [0.15, 0.2) is 0 Å². The number of carboxylic acids is 1. The molecule has 1 amide bonds. The third-order valence-corrected chi connectivity index (χ3v) is 3.71. The van der Waals surface area contributed by atoms with Crippen molar-refractivity contribution in [1.82, 2.24) is 4.90 Å². The molecule has 0 N–H and O–H groups in total. The van der Waals surface area contributed by atoms with Crippen LogP contribution in [0.25, 0.3) is 0 Å². The molecule has 0 radical (unpaired) electrons. The number of carbonyl (C=O) groups excluding carboxylic acids is 2. The van der Waals surface area contributed by atoms with Crippen molar-refractivity contribution >= 4 is 11.9 Å². The number of benzene rings is 1. The molecule has 1 fully saturated rings. The van der Waals surface area contributed by atoms with Crippen LogP contribution in [0.4, 0.5) is 0 Å². The van der Waals surface area contributed by atoms with Crippen LogP contribution in [0.3, 0.4) is 0 Å². The van der Waals surface area contributed by atoms with Gasteiger partial charge in [-0.3, -0.25) is 4.79 Å². The van der Waals surface area contributed by atoms with Gasteiger partial charge < -0.3 is 14.8 Å². The quantitative estimate of drug-likeness (QED) is 0.455. The maximum absolute atomic E-state index is 12.1. The van der Waals surface area contributed by atoms with E-state index in [2.05, 4.69) is 0 Å². The minimum Gasteiger partial charge on any atom is -0.549 e. The maximum atomic E-state index is 12.1. The van der Waals surface area contributed by atoms with Crippen molar-refractivity contribution in [3.63, 3.8) is 0 Å². The van der Waals surface area contributed by atoms with Crippen molar-refractivity contribution in [2.24, 2.45) is 5.41 Å². The van der Waals surface area contributed by atoms with E-state index in [1.165, 1.54) is 6.92 Å². The first-order chi connectivity index (χ1) is 8.45. The molecule has 0 aromatic heterocycles. The Morgan fingerprint density at radius 1 is 1.42 bits per heavy atom. The molecular weight excluding hydrogens is 269 g/mol. The summed E-state index contributed by atoms with van der Waals surface area (Å²) in [5, 5.41) is 11.0. The third-order valence-electron chi connectivity index (χ3n) is 3.71. The van der Waals surface area contributed by atoms with Crippen LogP contribution in [0, 0.1) is 12.3 Å². The fourth-order valence-corrected chi connectivity index (χ4v) is 2.25. The van der Waals surface area contributed by atoms with Gasteiger partial charge in [-0.1, -0.05) is 24.3 Å². The van der Waals surface area contributed by atoms with E-state index in [1.807, 2.05) is 31.2 Å². The van der Waals surface area contributed by atoms with Gasteiger partial charge in [-0.25, -0.2) is 0 Å². The molecule has 1 aliphatic heterocycles. The van der Waals surface area contributed by atoms with Crippen LogP contribution in [0.5, 0.6) is 0 Å². The molecular formula is C14H16KNO3. The van der Waals surface area contributed by atoms with Crippen LogP contribution in [0.2, 0.25) is 0 Å². The summed E-state index contributed by atoms with van der Waals surface area (Å²) in [6.45, 7) is 4.36. The fraction of sp³-hybridized carbons (Fsp3) is 0.429. The van der Waals surface area contributed by atoms with Crippen molar-refractivity contribution in [2.45, 2.75) is 26.8 Å². The van der Waals surface area contributed by atoms with E-state index < -0.39 is 11.4 Å². The molecule has 1 aromatic rings. The monoisotopic (exact) mass is 285 g/mol. The molecule has 1 unspecified atom stereocenters. The van der Waals surface area contributed by atoms with Gasteiger partial charge in [-0.15, -0.1) is 0 Å². The Kier molecular flexibility index (Phi) is 5.76. The first-order valence-corrected chi connectivity index (χ1v) is 6.00. The number of carboxylic acid groups (broad SMARTS) is 1. The van der Waals surface area contributed by atoms with Crippen LogP contribution >= 0.6 is 0 Å². The van der Waals surface area contributed by atoms with Crippen molar-refractivity contribution in [1.29, 1.82) is 0 Å². The average molecular weight is 285 g/mol. The van der Waals surface area contributed by atoms with Gasteiger partial charge in [0.05, 0.1) is 11.4 Å². The molecule has 1 atom stereocenters. The molecule has 4 nitrogen and oxygen atoms in total. The molecule has 1 saturated heterocycles. The van der Waals surface area contributed by atoms with Crippen molar-refractivity contribution in [3.8, 4) is 0 Å². The Labute approximate surface area is 155 Å². The maximum Gasteiger partial charge on any atom is 1.00 e. The number of hydrogen-bond acceptors (Lipinski definition) is 3. The number of amides is 1. The summed E-state index contributed by atoms with van der Waals surface area (Å²) in [6, 6.07) is 7.79. The topological polar surface area (TPSA) is 60.4 Å². The minimum absolute atomic E-state index is 0. The number of aliphatic carboxylic acids is 1. The number of nitrogens with zero attached hydrogens (tertiary/aromatic N) is 1. The Balaban J connectivity index is 0.00000180. The van der Waals surface area contributed by atoms with Crippen LogP contribution in [0.1, 0.15) is 24.5 Å². The van der Waals surface area contributed by atoms with Crippen molar-refractivity contribution in [3.05, 3.63) is 35.4 Å². The first kappa shape index (κ1) is 16.8. The zero-order valence-corrected chi connectivity index (χ0v) is 14.7. The predicted molar refractivity (Wildman–Crippen MR) is 64.3 cm³/mol. The standard InChI is InChI=1S/C14H17NO3.K/c1-10-5-3-4-6-11(10)9-15-8-7-14(2,12(15)16)13(17)18;/h3-6H,7-9H2,1-2H3,(H,17,18);/q;+1/p-1. The second-order valence-corrected chi connectivity index (χ2v) is 5.02. The van der Waals surface area contributed by atoms with E-state index in [0.29, 0.717) is 19.5 Å². The Hall–Kier alpha value is -0.204. The van der Waals surface area contributed by atoms with Crippen molar-refractivity contribution < 1.29 is 66.1 Å². The summed E-state index contributed by atoms with van der Waals surface area (Å²) in [7, 11) is 0. The van der Waals surface area contributed by atoms with Gasteiger partial charge in [0.2, 0.25) is 5.91 Å². The van der Waals surface area contributed by atoms with Gasteiger partial charge in [-0.2, -0.15) is 0 Å². The number of aryl methyl sites for hydroxylation is 1. The molecule has 96 valence electrons. The van der Waals surface area contributed by atoms with Crippen LogP contribution < -0.4 is 56.5 Å². The number of carbonyl (C=O) groups is 2.